The van der Waals surface area contributed by atoms with Gasteiger partial charge in [-0.25, -0.2) is 9.78 Å². The summed E-state index contributed by atoms with van der Waals surface area (Å²) in [5, 5.41) is 20.9. The minimum atomic E-state index is -0.419. The van der Waals surface area contributed by atoms with Crippen LogP contribution in [-0.4, -0.2) is 49.8 Å². The predicted molar refractivity (Wildman–Crippen MR) is 118 cm³/mol. The number of primary amides is 1. The Morgan fingerprint density at radius 2 is 2.10 bits per heavy atom. The zero-order chi connectivity index (χ0) is 22.1. The Balaban J connectivity index is 1.41. The fraction of sp³-hybridized carbons (Fsp3) is 0.300. The molecule has 31 heavy (non-hydrogen) atoms. The van der Waals surface area contributed by atoms with Crippen molar-refractivity contribution in [2.24, 2.45) is 5.73 Å². The van der Waals surface area contributed by atoms with Crippen molar-refractivity contribution < 1.29 is 14.7 Å². The summed E-state index contributed by atoms with van der Waals surface area (Å²) < 4.78 is 1.81. The third-order valence-electron chi connectivity index (χ3n) is 5.31. The number of benzene rings is 1. The second kappa shape index (κ2) is 8.26. The smallest absolute Gasteiger partial charge is 0.314 e. The molecule has 10 nitrogen and oxygen atoms in total. The number of nitrogens with zero attached hydrogens (tertiary/aromatic N) is 4. The summed E-state index contributed by atoms with van der Waals surface area (Å²) in [6.07, 6.45) is 4.13. The van der Waals surface area contributed by atoms with Crippen LogP contribution in [0.25, 0.3) is 0 Å². The van der Waals surface area contributed by atoms with Crippen LogP contribution in [0.3, 0.4) is 0 Å². The van der Waals surface area contributed by atoms with E-state index in [9.17, 15) is 14.7 Å². The summed E-state index contributed by atoms with van der Waals surface area (Å²) in [7, 11) is 0. The summed E-state index contributed by atoms with van der Waals surface area (Å²) in [4.78, 5) is 30.2. The van der Waals surface area contributed by atoms with Gasteiger partial charge in [-0.15, -0.1) is 0 Å². The summed E-state index contributed by atoms with van der Waals surface area (Å²) >= 11 is 1.20. The first-order valence-electron chi connectivity index (χ1n) is 9.74. The van der Waals surface area contributed by atoms with Crippen molar-refractivity contribution in [3.05, 3.63) is 46.6 Å². The second-order valence-electron chi connectivity index (χ2n) is 7.42. The van der Waals surface area contributed by atoms with Gasteiger partial charge < -0.3 is 26.4 Å². The fourth-order valence-electron chi connectivity index (χ4n) is 3.52. The van der Waals surface area contributed by atoms with Crippen molar-refractivity contribution >= 4 is 39.9 Å². The van der Waals surface area contributed by atoms with Crippen molar-refractivity contribution in [3.8, 4) is 5.75 Å². The van der Waals surface area contributed by atoms with E-state index in [2.05, 4.69) is 20.7 Å². The monoisotopic (exact) mass is 441 g/mol. The van der Waals surface area contributed by atoms with E-state index in [1.165, 1.54) is 17.5 Å². The molecule has 3 amide bonds. The first-order valence-corrected chi connectivity index (χ1v) is 10.6. The number of hydrogen-bond donors (Lipinski definition) is 4. The number of nitrogens with two attached hydrogens (primary N) is 1. The molecule has 0 radical (unpaired) electrons. The Morgan fingerprint density at radius 3 is 2.84 bits per heavy atom. The molecule has 0 bridgehead atoms. The van der Waals surface area contributed by atoms with E-state index < -0.39 is 6.03 Å². The molecule has 3 aromatic rings. The highest BCUT2D eigenvalue weighted by molar-refractivity contribution is 7.17. The maximum absolute atomic E-state index is 12.6. The Morgan fingerprint density at radius 1 is 1.29 bits per heavy atom. The molecule has 1 aliphatic heterocycles. The quantitative estimate of drug-likeness (QED) is 0.480. The molecule has 1 aliphatic rings. The summed E-state index contributed by atoms with van der Waals surface area (Å²) in [6.45, 7) is 4.77. The lowest BCUT2D eigenvalue weighted by Gasteiger charge is -2.13. The fourth-order valence-corrected chi connectivity index (χ4v) is 4.23. The number of thiazole rings is 1. The van der Waals surface area contributed by atoms with Gasteiger partial charge in [0.05, 0.1) is 17.9 Å². The van der Waals surface area contributed by atoms with Crippen molar-refractivity contribution in [1.29, 1.82) is 0 Å². The number of phenolic OH excluding ortho intramolecular Hbond substituents is 1. The minimum absolute atomic E-state index is 0.0782. The van der Waals surface area contributed by atoms with Crippen LogP contribution < -0.4 is 16.4 Å². The lowest BCUT2D eigenvalue weighted by Crippen LogP contribution is -2.33. The van der Waals surface area contributed by atoms with E-state index in [0.29, 0.717) is 40.2 Å². The van der Waals surface area contributed by atoms with E-state index in [1.54, 1.807) is 28.6 Å². The van der Waals surface area contributed by atoms with Crippen LogP contribution in [0.15, 0.2) is 30.6 Å². The molecule has 1 atom stereocenters. The number of hydrogen-bond acceptors (Lipinski definition) is 7. The van der Waals surface area contributed by atoms with E-state index in [4.69, 9.17) is 5.73 Å². The average Bonchev–Trinajstić information content (AvgIpc) is 3.48. The number of nitrogens with one attached hydrogen (secondary N) is 2. The Hall–Kier alpha value is -3.60. The lowest BCUT2D eigenvalue weighted by molar-refractivity contribution is 0.103. The Bertz CT molecular complexity index is 1140. The molecular weight excluding hydrogens is 418 g/mol. The van der Waals surface area contributed by atoms with Crippen molar-refractivity contribution in [2.75, 3.05) is 23.7 Å². The van der Waals surface area contributed by atoms with Crippen molar-refractivity contribution in [3.63, 3.8) is 0 Å². The number of likely N-dealkylation sites (tertiary alicyclic amines) is 1. The molecule has 0 spiro atoms. The van der Waals surface area contributed by atoms with Gasteiger partial charge in [-0.1, -0.05) is 17.4 Å². The number of carbonyl (C=O) groups excluding carboxylic acids is 2. The van der Waals surface area contributed by atoms with Crippen LogP contribution in [-0.2, 0) is 0 Å². The molecule has 2 aromatic heterocycles. The standard InChI is InChI=1S/C20H23N7O3S/c1-11-3-4-14(28)12(2)17(11)24-18(29)15-9-22-20(31-15)23-16-6-8-27(25-16)13-5-7-26(10-13)19(21)30/h3-4,6,8-9,13,28H,5,7,10H2,1-2H3,(H2,21,30)(H,24,29)(H,22,23,25)/t13-/m1/s1. The Labute approximate surface area is 182 Å². The van der Waals surface area contributed by atoms with Gasteiger partial charge in [0.25, 0.3) is 5.91 Å². The van der Waals surface area contributed by atoms with Gasteiger partial charge in [0.15, 0.2) is 10.9 Å². The van der Waals surface area contributed by atoms with Crippen LogP contribution in [0, 0.1) is 13.8 Å². The number of aromatic hydroxyl groups is 1. The maximum Gasteiger partial charge on any atom is 0.314 e. The largest absolute Gasteiger partial charge is 0.508 e. The van der Waals surface area contributed by atoms with Gasteiger partial charge in [0.2, 0.25) is 0 Å². The SMILES string of the molecule is Cc1ccc(O)c(C)c1NC(=O)c1cnc(Nc2ccn([C@@H]3CCN(C(N)=O)C3)n2)s1. The normalized spacial score (nSPS) is 15.8. The van der Waals surface area contributed by atoms with Crippen LogP contribution in [0.2, 0.25) is 0 Å². The van der Waals surface area contributed by atoms with E-state index in [0.717, 1.165) is 12.0 Å². The molecule has 5 N–H and O–H groups in total. The zero-order valence-corrected chi connectivity index (χ0v) is 17.9. The van der Waals surface area contributed by atoms with E-state index in [1.807, 2.05) is 19.2 Å². The van der Waals surface area contributed by atoms with E-state index >= 15 is 0 Å². The summed E-state index contributed by atoms with van der Waals surface area (Å²) in [5.74, 6) is 0.424. The number of phenols is 1. The molecule has 0 saturated carbocycles. The molecule has 0 unspecified atom stereocenters. The average molecular weight is 442 g/mol. The number of aromatic nitrogens is 3. The summed E-state index contributed by atoms with van der Waals surface area (Å²) in [6, 6.07) is 4.83. The molecule has 1 saturated heterocycles. The highest BCUT2D eigenvalue weighted by Gasteiger charge is 2.26. The number of rotatable bonds is 5. The first-order chi connectivity index (χ1) is 14.8. The number of anilines is 3. The number of amides is 3. The van der Waals surface area contributed by atoms with Crippen LogP contribution in [0.1, 0.15) is 33.3 Å². The van der Waals surface area contributed by atoms with E-state index in [-0.39, 0.29) is 17.7 Å². The minimum Gasteiger partial charge on any atom is -0.508 e. The van der Waals surface area contributed by atoms with Gasteiger partial charge in [0.1, 0.15) is 10.6 Å². The molecule has 162 valence electrons. The molecule has 3 heterocycles. The third kappa shape index (κ3) is 4.31. The second-order valence-corrected chi connectivity index (χ2v) is 8.45. The molecule has 1 aromatic carbocycles. The number of aryl methyl sites for hydroxylation is 1. The maximum atomic E-state index is 12.6. The Kier molecular flexibility index (Phi) is 5.51. The highest BCUT2D eigenvalue weighted by Crippen LogP contribution is 2.30. The number of urea groups is 1. The molecular formula is C20H23N7O3S. The van der Waals surface area contributed by atoms with Gasteiger partial charge in [-0.05, 0) is 31.9 Å². The van der Waals surface area contributed by atoms with Crippen LogP contribution in [0.4, 0.5) is 21.4 Å². The topological polar surface area (TPSA) is 138 Å². The zero-order valence-electron chi connectivity index (χ0n) is 17.1. The molecule has 0 aliphatic carbocycles. The van der Waals surface area contributed by atoms with Crippen molar-refractivity contribution in [2.45, 2.75) is 26.3 Å². The molecule has 11 heteroatoms. The van der Waals surface area contributed by atoms with Gasteiger partial charge in [0, 0.05) is 30.9 Å². The van der Waals surface area contributed by atoms with Gasteiger partial charge in [-0.3, -0.25) is 9.48 Å². The van der Waals surface area contributed by atoms with Crippen LogP contribution in [0.5, 0.6) is 5.75 Å². The van der Waals surface area contributed by atoms with Crippen LogP contribution >= 0.6 is 11.3 Å². The highest BCUT2D eigenvalue weighted by atomic mass is 32.1. The first kappa shape index (κ1) is 20.7. The third-order valence-corrected chi connectivity index (χ3v) is 6.22. The molecule has 1 fully saturated rings. The summed E-state index contributed by atoms with van der Waals surface area (Å²) in [5.41, 5.74) is 7.40. The van der Waals surface area contributed by atoms with Gasteiger partial charge >= 0.3 is 6.03 Å². The predicted octanol–water partition coefficient (Wildman–Crippen LogP) is 2.98. The van der Waals surface area contributed by atoms with Gasteiger partial charge in [-0.2, -0.15) is 5.10 Å². The lowest BCUT2D eigenvalue weighted by atomic mass is 10.1. The molecule has 4 rings (SSSR count). The number of carbonyl (C=O) groups is 2. The van der Waals surface area contributed by atoms with Crippen molar-refractivity contribution in [1.82, 2.24) is 19.7 Å².